The van der Waals surface area contributed by atoms with Crippen molar-refractivity contribution in [1.82, 2.24) is 9.55 Å². The molecule has 0 unspecified atom stereocenters. The molecule has 7 nitrogen and oxygen atoms in total. The molecule has 1 aromatic heterocycles. The molecule has 0 aliphatic rings. The Hall–Kier alpha value is -4.33. The van der Waals surface area contributed by atoms with Crippen LogP contribution in [0.1, 0.15) is 27.0 Å². The predicted octanol–water partition coefficient (Wildman–Crippen LogP) is 3.77. The maximum atomic E-state index is 14.5. The summed E-state index contributed by atoms with van der Waals surface area (Å²) in [6.07, 6.45) is 1.38. The van der Waals surface area contributed by atoms with E-state index in [0.29, 0.717) is 5.56 Å². The van der Waals surface area contributed by atoms with Crippen LogP contribution in [-0.2, 0) is 17.8 Å². The van der Waals surface area contributed by atoms with Crippen LogP contribution in [0, 0.1) is 12.7 Å². The van der Waals surface area contributed by atoms with Gasteiger partial charge in [-0.25, -0.2) is 14.2 Å². The number of aromatic carboxylic acids is 1. The van der Waals surface area contributed by atoms with Crippen molar-refractivity contribution in [3.63, 3.8) is 0 Å². The summed E-state index contributed by atoms with van der Waals surface area (Å²) in [4.78, 5) is 40.5. The lowest BCUT2D eigenvalue weighted by Crippen LogP contribution is -2.22. The average molecular weight is 445 g/mol. The Balaban J connectivity index is 1.58. The first-order valence-electron chi connectivity index (χ1n) is 10.2. The minimum Gasteiger partial charge on any atom is -0.478 e. The summed E-state index contributed by atoms with van der Waals surface area (Å²) >= 11 is 0. The highest BCUT2D eigenvalue weighted by Crippen LogP contribution is 2.20. The SMILES string of the molecule is Cc1ccc(CC(=O)Nc2cc3c(=O)n(Cc4ccc(C(=O)O)cc4)cnc3cc2F)cc1. The van der Waals surface area contributed by atoms with Crippen molar-refractivity contribution in [2.24, 2.45) is 0 Å². The highest BCUT2D eigenvalue weighted by molar-refractivity contribution is 5.94. The summed E-state index contributed by atoms with van der Waals surface area (Å²) in [6, 6.07) is 16.0. The third-order valence-corrected chi connectivity index (χ3v) is 5.23. The molecule has 0 bridgehead atoms. The third kappa shape index (κ3) is 4.95. The van der Waals surface area contributed by atoms with Crippen LogP contribution >= 0.6 is 0 Å². The van der Waals surface area contributed by atoms with Crippen LogP contribution < -0.4 is 10.9 Å². The lowest BCUT2D eigenvalue weighted by molar-refractivity contribution is -0.115. The zero-order valence-electron chi connectivity index (χ0n) is 17.7. The minimum atomic E-state index is -1.04. The van der Waals surface area contributed by atoms with E-state index in [1.165, 1.54) is 29.1 Å². The van der Waals surface area contributed by atoms with Crippen LogP contribution in [0.4, 0.5) is 10.1 Å². The summed E-state index contributed by atoms with van der Waals surface area (Å²) in [6.45, 7) is 2.11. The second-order valence-electron chi connectivity index (χ2n) is 7.74. The number of anilines is 1. The number of rotatable bonds is 6. The third-order valence-electron chi connectivity index (χ3n) is 5.23. The van der Waals surface area contributed by atoms with Crippen LogP contribution in [0.2, 0.25) is 0 Å². The molecule has 2 N–H and O–H groups in total. The second-order valence-corrected chi connectivity index (χ2v) is 7.74. The zero-order chi connectivity index (χ0) is 23.5. The molecule has 8 heteroatoms. The number of hydrogen-bond acceptors (Lipinski definition) is 4. The van der Waals surface area contributed by atoms with Gasteiger partial charge in [0, 0.05) is 6.07 Å². The summed E-state index contributed by atoms with van der Waals surface area (Å²) in [5.41, 5.74) is 2.38. The normalized spacial score (nSPS) is 10.8. The van der Waals surface area contributed by atoms with Crippen LogP contribution in [0.25, 0.3) is 10.9 Å². The van der Waals surface area contributed by atoms with Gasteiger partial charge in [-0.05, 0) is 36.2 Å². The van der Waals surface area contributed by atoms with Crippen LogP contribution in [0.5, 0.6) is 0 Å². The number of carboxylic acid groups (broad SMARTS) is 1. The summed E-state index contributed by atoms with van der Waals surface area (Å²) in [5, 5.41) is 11.7. The average Bonchev–Trinajstić information content (AvgIpc) is 2.79. The number of aryl methyl sites for hydroxylation is 1. The number of halogens is 1. The van der Waals surface area contributed by atoms with Crippen molar-refractivity contribution in [3.8, 4) is 0 Å². The Labute approximate surface area is 188 Å². The van der Waals surface area contributed by atoms with E-state index in [4.69, 9.17) is 5.11 Å². The summed E-state index contributed by atoms with van der Waals surface area (Å²) in [7, 11) is 0. The largest absolute Gasteiger partial charge is 0.478 e. The van der Waals surface area contributed by atoms with E-state index in [0.717, 1.165) is 17.2 Å². The number of aromatic nitrogens is 2. The monoisotopic (exact) mass is 445 g/mol. The molecule has 0 saturated carbocycles. The predicted molar refractivity (Wildman–Crippen MR) is 122 cm³/mol. The van der Waals surface area contributed by atoms with E-state index in [2.05, 4.69) is 10.3 Å². The number of amides is 1. The van der Waals surface area contributed by atoms with Crippen LogP contribution in [-0.4, -0.2) is 26.5 Å². The van der Waals surface area contributed by atoms with Crippen LogP contribution in [0.3, 0.4) is 0 Å². The number of benzene rings is 3. The lowest BCUT2D eigenvalue weighted by atomic mass is 10.1. The molecule has 1 heterocycles. The van der Waals surface area contributed by atoms with Gasteiger partial charge >= 0.3 is 5.97 Å². The van der Waals surface area contributed by atoms with E-state index in [1.54, 1.807) is 12.1 Å². The molecule has 0 aliphatic carbocycles. The molecular formula is C25H20FN3O4. The van der Waals surface area contributed by atoms with Gasteiger partial charge in [-0.1, -0.05) is 42.0 Å². The summed E-state index contributed by atoms with van der Waals surface area (Å²) < 4.78 is 15.9. The second kappa shape index (κ2) is 9.04. The molecule has 0 radical (unpaired) electrons. The highest BCUT2D eigenvalue weighted by Gasteiger charge is 2.13. The van der Waals surface area contributed by atoms with E-state index >= 15 is 0 Å². The molecule has 0 aliphatic heterocycles. The summed E-state index contributed by atoms with van der Waals surface area (Å²) in [5.74, 6) is -2.13. The molecule has 0 fully saturated rings. The van der Waals surface area contributed by atoms with E-state index in [9.17, 15) is 18.8 Å². The van der Waals surface area contributed by atoms with Crippen molar-refractivity contribution >= 4 is 28.5 Å². The number of fused-ring (bicyclic) bond motifs is 1. The number of carbonyl (C=O) groups is 2. The number of carbonyl (C=O) groups excluding carboxylic acids is 1. The number of nitrogens with one attached hydrogen (secondary N) is 1. The molecule has 0 atom stereocenters. The Morgan fingerprint density at radius 1 is 1.03 bits per heavy atom. The Morgan fingerprint density at radius 3 is 2.36 bits per heavy atom. The van der Waals surface area contributed by atoms with E-state index in [-0.39, 0.29) is 35.1 Å². The smallest absolute Gasteiger partial charge is 0.335 e. The van der Waals surface area contributed by atoms with Gasteiger partial charge < -0.3 is 10.4 Å². The van der Waals surface area contributed by atoms with Crippen molar-refractivity contribution in [2.75, 3.05) is 5.32 Å². The Morgan fingerprint density at radius 2 is 1.70 bits per heavy atom. The highest BCUT2D eigenvalue weighted by atomic mass is 19.1. The maximum absolute atomic E-state index is 14.5. The fourth-order valence-electron chi connectivity index (χ4n) is 3.42. The van der Waals surface area contributed by atoms with E-state index in [1.807, 2.05) is 31.2 Å². The van der Waals surface area contributed by atoms with Gasteiger partial charge in [0.05, 0.1) is 41.4 Å². The minimum absolute atomic E-state index is 0.0708. The van der Waals surface area contributed by atoms with Crippen molar-refractivity contribution in [2.45, 2.75) is 19.9 Å². The van der Waals surface area contributed by atoms with Gasteiger partial charge in [-0.15, -0.1) is 0 Å². The lowest BCUT2D eigenvalue weighted by Gasteiger charge is -2.10. The zero-order valence-corrected chi connectivity index (χ0v) is 17.7. The number of carboxylic acids is 1. The fraction of sp³-hybridized carbons (Fsp3) is 0.120. The number of hydrogen-bond donors (Lipinski definition) is 2. The first kappa shape index (κ1) is 21.9. The van der Waals surface area contributed by atoms with Crippen molar-refractivity contribution in [3.05, 3.63) is 105 Å². The fourth-order valence-corrected chi connectivity index (χ4v) is 3.42. The topological polar surface area (TPSA) is 101 Å². The first-order valence-corrected chi connectivity index (χ1v) is 10.2. The molecule has 0 spiro atoms. The molecule has 0 saturated heterocycles. The molecule has 33 heavy (non-hydrogen) atoms. The quantitative estimate of drug-likeness (QED) is 0.471. The van der Waals surface area contributed by atoms with Crippen molar-refractivity contribution in [1.29, 1.82) is 0 Å². The van der Waals surface area contributed by atoms with Gasteiger partial charge in [0.1, 0.15) is 5.82 Å². The van der Waals surface area contributed by atoms with Gasteiger partial charge in [0.25, 0.3) is 5.56 Å². The first-order chi connectivity index (χ1) is 15.8. The molecule has 3 aromatic carbocycles. The van der Waals surface area contributed by atoms with Crippen molar-refractivity contribution < 1.29 is 19.1 Å². The van der Waals surface area contributed by atoms with E-state index < -0.39 is 23.3 Å². The van der Waals surface area contributed by atoms with Gasteiger partial charge in [-0.2, -0.15) is 0 Å². The molecule has 4 aromatic rings. The Bertz CT molecular complexity index is 1410. The van der Waals surface area contributed by atoms with Gasteiger partial charge in [-0.3, -0.25) is 14.2 Å². The maximum Gasteiger partial charge on any atom is 0.335 e. The van der Waals surface area contributed by atoms with Gasteiger partial charge in [0.15, 0.2) is 0 Å². The number of nitrogens with zero attached hydrogens (tertiary/aromatic N) is 2. The molecule has 166 valence electrons. The molecule has 4 rings (SSSR count). The van der Waals surface area contributed by atoms with Crippen LogP contribution in [0.15, 0.2) is 71.8 Å². The standard InChI is InChI=1S/C25H20FN3O4/c1-15-2-4-16(5-3-15)10-23(30)28-22-11-19-21(12-20(22)26)27-14-29(24(19)31)13-17-6-8-18(9-7-17)25(32)33/h2-9,11-12,14H,10,13H2,1H3,(H,28,30)(H,32,33). The molecular weight excluding hydrogens is 425 g/mol. The molecule has 1 amide bonds. The Kier molecular flexibility index (Phi) is 5.99. The van der Waals surface area contributed by atoms with Gasteiger partial charge in [0.2, 0.25) is 5.91 Å².